The summed E-state index contributed by atoms with van der Waals surface area (Å²) in [5.41, 5.74) is -0.0519. The molecule has 1 rings (SSSR count). The van der Waals surface area contributed by atoms with Gasteiger partial charge in [0.15, 0.2) is 11.6 Å². The van der Waals surface area contributed by atoms with E-state index in [1.807, 2.05) is 0 Å². The molecule has 0 aliphatic carbocycles. The fourth-order valence-corrected chi connectivity index (χ4v) is 0.800. The maximum Gasteiger partial charge on any atom is 0.554 e. The van der Waals surface area contributed by atoms with Crippen LogP contribution in [0.3, 0.4) is 0 Å². The van der Waals surface area contributed by atoms with Gasteiger partial charge in [-0.2, -0.15) is 0 Å². The Morgan fingerprint density at radius 3 is 2.15 bits per heavy atom. The van der Waals surface area contributed by atoms with E-state index in [9.17, 15) is 8.78 Å². The van der Waals surface area contributed by atoms with Crippen LogP contribution in [-0.4, -0.2) is 17.6 Å². The Kier molecular flexibility index (Phi) is 3.32. The van der Waals surface area contributed by atoms with Crippen molar-refractivity contribution in [3.8, 4) is 0 Å². The summed E-state index contributed by atoms with van der Waals surface area (Å²) >= 11 is 0. The first-order valence-electron chi connectivity index (χ1n) is 3.24. The molecule has 4 nitrogen and oxygen atoms in total. The van der Waals surface area contributed by atoms with Gasteiger partial charge in [0, 0.05) is 0 Å². The van der Waals surface area contributed by atoms with E-state index >= 15 is 0 Å². The van der Waals surface area contributed by atoms with E-state index in [0.717, 1.165) is 18.2 Å². The monoisotopic (exact) mass is 190 g/mol. The molecule has 2 N–H and O–H groups in total. The lowest BCUT2D eigenvalue weighted by atomic mass is 9.80. The number of hydrogen-bond donors (Lipinski definition) is 2. The minimum absolute atomic E-state index is 0.0519. The van der Waals surface area contributed by atoms with Gasteiger partial charge in [-0.1, -0.05) is 6.07 Å². The molecule has 0 aromatic heterocycles. The summed E-state index contributed by atoms with van der Waals surface area (Å²) in [4.78, 5) is 7.24. The number of benzene rings is 1. The van der Waals surface area contributed by atoms with E-state index in [1.54, 1.807) is 0 Å². The summed E-state index contributed by atoms with van der Waals surface area (Å²) in [5.74, 6) is -2.17. The van der Waals surface area contributed by atoms with Crippen LogP contribution in [0.25, 0.3) is 0 Å². The largest absolute Gasteiger partial charge is 0.554 e. The molecule has 0 amide bonds. The average molecular weight is 190 g/mol. The molecule has 0 unspecified atom stereocenters. The van der Waals surface area contributed by atoms with Crippen molar-refractivity contribution in [2.45, 2.75) is 0 Å². The first kappa shape index (κ1) is 10.1. The van der Waals surface area contributed by atoms with Gasteiger partial charge in [-0.05, 0) is 17.6 Å². The van der Waals surface area contributed by atoms with Crippen molar-refractivity contribution in [1.82, 2.24) is 0 Å². The smallest absolute Gasteiger partial charge is 0.264 e. The van der Waals surface area contributed by atoms with Crippen LogP contribution in [0.2, 0.25) is 0 Å². The van der Waals surface area contributed by atoms with Crippen molar-refractivity contribution in [1.29, 1.82) is 0 Å². The molecule has 1 aromatic carbocycles. The van der Waals surface area contributed by atoms with Crippen LogP contribution in [-0.2, 0) is 9.61 Å². The molecule has 1 aromatic rings. The number of rotatable bonds is 3. The Balaban J connectivity index is 2.95. The van der Waals surface area contributed by atoms with E-state index in [-0.39, 0.29) is 5.46 Å². The predicted molar refractivity (Wildman–Crippen MR) is 39.2 cm³/mol. The van der Waals surface area contributed by atoms with Crippen LogP contribution >= 0.6 is 0 Å². The molecule has 0 spiro atoms. The Bertz CT molecular complexity index is 292. The lowest BCUT2D eigenvalue weighted by molar-refractivity contribution is -0.221. The highest BCUT2D eigenvalue weighted by atomic mass is 19.2. The van der Waals surface area contributed by atoms with Crippen molar-refractivity contribution < 1.29 is 28.9 Å². The molecule has 13 heavy (non-hydrogen) atoms. The molecule has 0 atom stereocenters. The van der Waals surface area contributed by atoms with Gasteiger partial charge < -0.3 is 0 Å². The third-order valence-corrected chi connectivity index (χ3v) is 1.41. The van der Waals surface area contributed by atoms with E-state index in [4.69, 9.17) is 10.5 Å². The molecule has 0 aliphatic rings. The van der Waals surface area contributed by atoms with E-state index in [2.05, 4.69) is 9.61 Å². The lowest BCUT2D eigenvalue weighted by Crippen LogP contribution is -2.35. The summed E-state index contributed by atoms with van der Waals surface area (Å²) in [6.07, 6.45) is 0. The third kappa shape index (κ3) is 2.22. The van der Waals surface area contributed by atoms with Crippen LogP contribution in [0.4, 0.5) is 8.78 Å². The minimum Gasteiger partial charge on any atom is -0.264 e. The third-order valence-electron chi connectivity index (χ3n) is 1.41. The molecule has 0 fully saturated rings. The molecule has 0 saturated heterocycles. The van der Waals surface area contributed by atoms with Gasteiger partial charge in [-0.25, -0.2) is 8.78 Å². The average Bonchev–Trinajstić information content (AvgIpc) is 2.13. The molecule has 70 valence electrons. The van der Waals surface area contributed by atoms with E-state index in [1.165, 1.54) is 0 Å². The lowest BCUT2D eigenvalue weighted by Gasteiger charge is -2.04. The highest BCUT2D eigenvalue weighted by molar-refractivity contribution is 6.60. The Morgan fingerprint density at radius 2 is 1.69 bits per heavy atom. The van der Waals surface area contributed by atoms with Crippen molar-refractivity contribution in [3.05, 3.63) is 29.8 Å². The SMILES string of the molecule is OOB(OO)c1ccc(F)c(F)c1. The fraction of sp³-hybridized carbons (Fsp3) is 0. The normalized spacial score (nSPS) is 10.2. The molecule has 0 aliphatic heterocycles. The summed E-state index contributed by atoms with van der Waals surface area (Å²) in [5, 5.41) is 16.3. The van der Waals surface area contributed by atoms with Crippen molar-refractivity contribution >= 4 is 12.6 Å². The van der Waals surface area contributed by atoms with Gasteiger partial charge in [0.1, 0.15) is 0 Å². The van der Waals surface area contributed by atoms with Gasteiger partial charge in [-0.15, -0.1) is 0 Å². The van der Waals surface area contributed by atoms with Crippen molar-refractivity contribution in [3.63, 3.8) is 0 Å². The topological polar surface area (TPSA) is 58.9 Å². The first-order chi connectivity index (χ1) is 6.19. The predicted octanol–water partition coefficient (Wildman–Crippen LogP) is 0.639. The zero-order valence-corrected chi connectivity index (χ0v) is 6.28. The number of hydrogen-bond acceptors (Lipinski definition) is 4. The maximum atomic E-state index is 12.6. The van der Waals surface area contributed by atoms with Crippen LogP contribution in [0.15, 0.2) is 18.2 Å². The van der Waals surface area contributed by atoms with Gasteiger partial charge in [0.25, 0.3) is 0 Å². The molecule has 7 heteroatoms. The van der Waals surface area contributed by atoms with Crippen LogP contribution in [0.5, 0.6) is 0 Å². The summed E-state index contributed by atoms with van der Waals surface area (Å²) < 4.78 is 25.0. The molecular formula is C6H5BF2O4. The molecular weight excluding hydrogens is 185 g/mol. The Labute approximate surface area is 72.3 Å². The summed E-state index contributed by atoms with van der Waals surface area (Å²) in [6, 6.07) is 2.64. The zero-order valence-electron chi connectivity index (χ0n) is 6.28. The van der Waals surface area contributed by atoms with Crippen molar-refractivity contribution in [2.24, 2.45) is 0 Å². The number of halogens is 2. The maximum absolute atomic E-state index is 12.6. The second kappa shape index (κ2) is 4.29. The molecule has 0 heterocycles. The first-order valence-corrected chi connectivity index (χ1v) is 3.24. The van der Waals surface area contributed by atoms with Crippen LogP contribution in [0.1, 0.15) is 0 Å². The Hall–Kier alpha value is -1.02. The minimum atomic E-state index is -1.55. The van der Waals surface area contributed by atoms with Gasteiger partial charge >= 0.3 is 7.12 Å². The van der Waals surface area contributed by atoms with E-state index < -0.39 is 18.8 Å². The molecule has 0 radical (unpaired) electrons. The van der Waals surface area contributed by atoms with Crippen LogP contribution < -0.4 is 5.46 Å². The van der Waals surface area contributed by atoms with Crippen LogP contribution in [0, 0.1) is 11.6 Å². The highest BCUT2D eigenvalue weighted by Crippen LogP contribution is 2.02. The summed E-state index contributed by atoms with van der Waals surface area (Å²) in [6.45, 7) is 0. The quantitative estimate of drug-likeness (QED) is 0.417. The van der Waals surface area contributed by atoms with Gasteiger partial charge in [0.2, 0.25) is 0 Å². The second-order valence-corrected chi connectivity index (χ2v) is 2.22. The molecule has 0 saturated carbocycles. The van der Waals surface area contributed by atoms with Crippen molar-refractivity contribution in [2.75, 3.05) is 0 Å². The Morgan fingerprint density at radius 1 is 1.08 bits per heavy atom. The van der Waals surface area contributed by atoms with E-state index in [0.29, 0.717) is 0 Å². The van der Waals surface area contributed by atoms with Gasteiger partial charge in [-0.3, -0.25) is 20.1 Å². The molecule has 0 bridgehead atoms. The zero-order chi connectivity index (χ0) is 9.84. The van der Waals surface area contributed by atoms with Gasteiger partial charge in [0.05, 0.1) is 0 Å². The fourth-order valence-electron chi connectivity index (χ4n) is 0.800. The summed E-state index contributed by atoms with van der Waals surface area (Å²) in [7, 11) is -1.55. The standard InChI is InChI=1S/C6H5BF2O4/c8-5-2-1-4(3-6(5)9)7(12-10)13-11/h1-3,10-11H. The highest BCUT2D eigenvalue weighted by Gasteiger charge is 2.23. The second-order valence-electron chi connectivity index (χ2n) is 2.22.